The van der Waals surface area contributed by atoms with Crippen LogP contribution in [0.5, 0.6) is 11.8 Å². The van der Waals surface area contributed by atoms with Crippen molar-refractivity contribution >= 4 is 23.9 Å². The first-order valence-electron chi connectivity index (χ1n) is 11.9. The second kappa shape index (κ2) is 12.1. The number of benzene rings is 1. The number of aliphatic imine (C=N–C) groups is 1. The van der Waals surface area contributed by atoms with Crippen LogP contribution in [0.1, 0.15) is 5.69 Å². The third-order valence-corrected chi connectivity index (χ3v) is 5.79. The van der Waals surface area contributed by atoms with E-state index in [2.05, 4.69) is 36.8 Å². The number of hydrogen-bond acceptors (Lipinski definition) is 10. The number of aryl methyl sites for hydroxylation is 1. The lowest BCUT2D eigenvalue weighted by atomic mass is 10.1. The van der Waals surface area contributed by atoms with Crippen molar-refractivity contribution in [2.24, 2.45) is 10.7 Å². The zero-order valence-corrected chi connectivity index (χ0v) is 21.4. The van der Waals surface area contributed by atoms with Crippen LogP contribution in [0.3, 0.4) is 0 Å². The van der Waals surface area contributed by atoms with Crippen LogP contribution in [-0.4, -0.2) is 70.2 Å². The van der Waals surface area contributed by atoms with E-state index in [-0.39, 0.29) is 30.8 Å². The number of piperazine rings is 1. The molecule has 1 saturated heterocycles. The average molecular weight is 536 g/mol. The smallest absolute Gasteiger partial charge is 0.322 e. The Morgan fingerprint density at radius 2 is 1.97 bits per heavy atom. The molecule has 1 aliphatic rings. The van der Waals surface area contributed by atoms with Gasteiger partial charge in [-0.15, -0.1) is 0 Å². The first-order chi connectivity index (χ1) is 18.8. The number of amides is 1. The lowest BCUT2D eigenvalue weighted by molar-refractivity contribution is -0.128. The molecule has 1 amide bonds. The van der Waals surface area contributed by atoms with E-state index >= 15 is 4.39 Å². The second-order valence-electron chi connectivity index (χ2n) is 8.48. The van der Waals surface area contributed by atoms with Crippen LogP contribution in [0.4, 0.5) is 20.5 Å². The highest BCUT2D eigenvalue weighted by Crippen LogP contribution is 2.34. The summed E-state index contributed by atoms with van der Waals surface area (Å²) in [5.74, 6) is -1.70. The number of carbonyl (C=O) groups is 1. The standard InChI is InChI=1S/C26H27F2N9O2/c1-16-6-7-31-26(33-16)39-22-5-4-18(12-21(22)28)20-15-32-25(34-19(13-29)14-30-3)35-23(20)36-8-10-37(11-9-36)24(38)17(2)27/h4-7,12-15H,2,8-11,29H2,1,3H3,(H,32,34,35). The van der Waals surface area contributed by atoms with Crippen LogP contribution in [-0.2, 0) is 4.79 Å². The maximum absolute atomic E-state index is 15.1. The number of carbonyl (C=O) groups excluding carboxylic acids is 1. The van der Waals surface area contributed by atoms with E-state index in [1.54, 1.807) is 32.3 Å². The van der Waals surface area contributed by atoms with Crippen molar-refractivity contribution < 1.29 is 18.3 Å². The maximum Gasteiger partial charge on any atom is 0.322 e. The summed E-state index contributed by atoms with van der Waals surface area (Å²) < 4.78 is 34.0. The monoisotopic (exact) mass is 535 g/mol. The topological polar surface area (TPSA) is 135 Å². The number of nitrogens with one attached hydrogen (secondary N) is 1. The van der Waals surface area contributed by atoms with Gasteiger partial charge in [0.1, 0.15) is 5.82 Å². The van der Waals surface area contributed by atoms with Gasteiger partial charge in [-0.1, -0.05) is 12.6 Å². The molecule has 202 valence electrons. The molecular weight excluding hydrogens is 508 g/mol. The molecule has 0 atom stereocenters. The number of nitrogens with two attached hydrogens (primary N) is 1. The van der Waals surface area contributed by atoms with Crippen LogP contribution in [0.25, 0.3) is 11.1 Å². The van der Waals surface area contributed by atoms with E-state index in [1.807, 2.05) is 4.90 Å². The number of hydrogen-bond donors (Lipinski definition) is 2. The summed E-state index contributed by atoms with van der Waals surface area (Å²) in [7, 11) is 1.60. The number of halogens is 2. The molecule has 3 N–H and O–H groups in total. The maximum atomic E-state index is 15.1. The molecule has 11 nitrogen and oxygen atoms in total. The van der Waals surface area contributed by atoms with E-state index in [4.69, 9.17) is 10.5 Å². The van der Waals surface area contributed by atoms with Gasteiger partial charge in [-0.3, -0.25) is 9.79 Å². The van der Waals surface area contributed by atoms with Crippen molar-refractivity contribution in [1.29, 1.82) is 0 Å². The van der Waals surface area contributed by atoms with Crippen molar-refractivity contribution in [3.63, 3.8) is 0 Å². The van der Waals surface area contributed by atoms with Gasteiger partial charge in [-0.2, -0.15) is 4.98 Å². The third-order valence-electron chi connectivity index (χ3n) is 5.79. The summed E-state index contributed by atoms with van der Waals surface area (Å²) in [5.41, 5.74) is 7.84. The van der Waals surface area contributed by atoms with Gasteiger partial charge in [0.15, 0.2) is 17.4 Å². The van der Waals surface area contributed by atoms with Crippen LogP contribution in [0.2, 0.25) is 0 Å². The molecule has 39 heavy (non-hydrogen) atoms. The van der Waals surface area contributed by atoms with Gasteiger partial charge < -0.3 is 25.6 Å². The Morgan fingerprint density at radius 3 is 2.62 bits per heavy atom. The first-order valence-corrected chi connectivity index (χ1v) is 11.9. The predicted octanol–water partition coefficient (Wildman–Crippen LogP) is 3.22. The zero-order chi connectivity index (χ0) is 27.9. The molecule has 0 saturated carbocycles. The quantitative estimate of drug-likeness (QED) is 0.329. The normalized spacial score (nSPS) is 14.0. The Hall–Kier alpha value is -4.94. The van der Waals surface area contributed by atoms with Gasteiger partial charge in [0, 0.05) is 69.3 Å². The molecule has 0 unspecified atom stereocenters. The fraction of sp³-hybridized carbons (Fsp3) is 0.231. The molecule has 1 aliphatic heterocycles. The van der Waals surface area contributed by atoms with Gasteiger partial charge in [0.05, 0.1) is 5.70 Å². The van der Waals surface area contributed by atoms with Crippen LogP contribution in [0, 0.1) is 12.7 Å². The van der Waals surface area contributed by atoms with E-state index < -0.39 is 17.6 Å². The highest BCUT2D eigenvalue weighted by Gasteiger charge is 2.26. The summed E-state index contributed by atoms with van der Waals surface area (Å²) in [5, 5.41) is 2.99. The molecule has 0 aliphatic carbocycles. The molecule has 4 rings (SSSR count). The number of anilines is 2. The average Bonchev–Trinajstić information content (AvgIpc) is 2.93. The van der Waals surface area contributed by atoms with E-state index in [0.29, 0.717) is 41.4 Å². The fourth-order valence-corrected chi connectivity index (χ4v) is 3.88. The van der Waals surface area contributed by atoms with Gasteiger partial charge >= 0.3 is 6.01 Å². The van der Waals surface area contributed by atoms with Crippen molar-refractivity contribution in [3.8, 4) is 22.9 Å². The van der Waals surface area contributed by atoms with Crippen molar-refractivity contribution in [3.05, 3.63) is 72.5 Å². The van der Waals surface area contributed by atoms with Gasteiger partial charge in [-0.25, -0.2) is 23.7 Å². The van der Waals surface area contributed by atoms with Gasteiger partial charge in [0.2, 0.25) is 5.95 Å². The van der Waals surface area contributed by atoms with Crippen molar-refractivity contribution in [2.45, 2.75) is 6.92 Å². The van der Waals surface area contributed by atoms with E-state index in [1.165, 1.54) is 35.6 Å². The highest BCUT2D eigenvalue weighted by molar-refractivity contribution is 5.90. The fourth-order valence-electron chi connectivity index (χ4n) is 3.88. The number of rotatable bonds is 8. The van der Waals surface area contributed by atoms with Crippen LogP contribution < -0.4 is 20.7 Å². The summed E-state index contributed by atoms with van der Waals surface area (Å²) in [4.78, 5) is 36.4. The van der Waals surface area contributed by atoms with Crippen LogP contribution >= 0.6 is 0 Å². The van der Waals surface area contributed by atoms with E-state index in [9.17, 15) is 9.18 Å². The molecule has 1 aromatic carbocycles. The molecular formula is C26H27F2N9O2. The lowest BCUT2D eigenvalue weighted by Gasteiger charge is -2.36. The first kappa shape index (κ1) is 27.1. The largest absolute Gasteiger partial charge is 0.421 e. The molecule has 3 heterocycles. The Bertz CT molecular complexity index is 1440. The zero-order valence-electron chi connectivity index (χ0n) is 21.4. The molecule has 2 aromatic heterocycles. The SMILES string of the molecule is C=C(F)C(=O)N1CCN(c2nc(NC(C=NC)=CN)ncc2-c2ccc(Oc3nccc(C)n3)c(F)c2)CC1. The minimum atomic E-state index is -1.01. The predicted molar refractivity (Wildman–Crippen MR) is 144 cm³/mol. The Balaban J connectivity index is 1.66. The molecule has 13 heteroatoms. The summed E-state index contributed by atoms with van der Waals surface area (Å²) in [6.07, 6.45) is 5.92. The number of ether oxygens (including phenoxy) is 1. The minimum Gasteiger partial charge on any atom is -0.421 e. The molecule has 1 fully saturated rings. The van der Waals surface area contributed by atoms with Gasteiger partial charge in [0.25, 0.3) is 5.91 Å². The van der Waals surface area contributed by atoms with Crippen LogP contribution in [0.15, 0.2) is 66.0 Å². The third kappa shape index (κ3) is 6.50. The Kier molecular flexibility index (Phi) is 8.39. The Morgan fingerprint density at radius 1 is 1.21 bits per heavy atom. The number of aromatic nitrogens is 4. The molecule has 0 radical (unpaired) electrons. The lowest BCUT2D eigenvalue weighted by Crippen LogP contribution is -2.49. The van der Waals surface area contributed by atoms with Gasteiger partial charge in [-0.05, 0) is 30.7 Å². The van der Waals surface area contributed by atoms with E-state index in [0.717, 1.165) is 0 Å². The highest BCUT2D eigenvalue weighted by atomic mass is 19.1. The minimum absolute atomic E-state index is 0.0314. The summed E-state index contributed by atoms with van der Waals surface area (Å²) in [6, 6.07) is 6.19. The Labute approximate surface area is 223 Å². The number of allylic oxidation sites excluding steroid dienone is 1. The molecule has 0 bridgehead atoms. The molecule has 3 aromatic rings. The van der Waals surface area contributed by atoms with Crippen molar-refractivity contribution in [1.82, 2.24) is 24.8 Å². The second-order valence-corrected chi connectivity index (χ2v) is 8.48. The number of nitrogens with zero attached hydrogens (tertiary/aromatic N) is 7. The summed E-state index contributed by atoms with van der Waals surface area (Å²) >= 11 is 0. The summed E-state index contributed by atoms with van der Waals surface area (Å²) in [6.45, 7) is 6.08. The van der Waals surface area contributed by atoms with Crippen molar-refractivity contribution in [2.75, 3.05) is 43.4 Å². The molecule has 0 spiro atoms.